The molecule has 0 heterocycles. The molecule has 0 bridgehead atoms. The molecule has 0 saturated carbocycles. The van der Waals surface area contributed by atoms with E-state index in [0.29, 0.717) is 45.4 Å². The number of ether oxygens (including phenoxy) is 6. The summed E-state index contributed by atoms with van der Waals surface area (Å²) in [6, 6.07) is 37.3. The Morgan fingerprint density at radius 2 is 0.732 bits per heavy atom. The van der Waals surface area contributed by atoms with Gasteiger partial charge in [0.25, 0.3) is 0 Å². The maximum Gasteiger partial charge on any atom is 0.165 e. The van der Waals surface area contributed by atoms with Crippen LogP contribution in [-0.4, -0.2) is 42.7 Å². The van der Waals surface area contributed by atoms with Crippen LogP contribution >= 0.6 is 0 Å². The number of rotatable bonds is 10. The van der Waals surface area contributed by atoms with Gasteiger partial charge in [-0.15, -0.1) is 0 Å². The topological polar surface area (TPSA) is 55.4 Å². The molecule has 0 atom stereocenters. The number of fused-ring (bicyclic) bond motifs is 3. The number of methoxy groups -OCH3 is 6. The third-order valence-corrected chi connectivity index (χ3v) is 10.4. The van der Waals surface area contributed by atoms with Crippen molar-refractivity contribution in [3.05, 3.63) is 133 Å². The standard InChI is InChI=1S/C48H38F2O6/c1-51-30-12-7-27(8-13-30)43-36-20-17-33(54-4)25-39(36)46(37-21-18-34(55-5)26-40(37)49)48-44(28-9-14-31(52-2)15-10-28)35-19-16-32(53-3)24-38(35)45(47(43)48)29-11-22-42(56-6)41(50)23-29/h7-26H,1-6H3. The molecule has 0 aliphatic rings. The summed E-state index contributed by atoms with van der Waals surface area (Å²) in [5.41, 5.74) is 5.71. The summed E-state index contributed by atoms with van der Waals surface area (Å²) in [7, 11) is 9.43. The number of halogens is 2. The van der Waals surface area contributed by atoms with Gasteiger partial charge in [0.05, 0.1) is 42.7 Å². The molecule has 0 N–H and O–H groups in total. The van der Waals surface area contributed by atoms with Crippen LogP contribution in [0.5, 0.6) is 34.5 Å². The Labute approximate surface area is 323 Å². The minimum Gasteiger partial charge on any atom is -0.497 e. The fourth-order valence-electron chi connectivity index (χ4n) is 7.78. The van der Waals surface area contributed by atoms with Gasteiger partial charge in [0, 0.05) is 17.2 Å². The average molecular weight is 749 g/mol. The largest absolute Gasteiger partial charge is 0.497 e. The van der Waals surface area contributed by atoms with E-state index >= 15 is 8.78 Å². The number of hydrogen-bond donors (Lipinski definition) is 0. The van der Waals surface area contributed by atoms with Crippen LogP contribution in [0.15, 0.2) is 121 Å². The summed E-state index contributed by atoms with van der Waals surface area (Å²) in [6.45, 7) is 0. The highest BCUT2D eigenvalue weighted by molar-refractivity contribution is 6.34. The van der Waals surface area contributed by atoms with Crippen molar-refractivity contribution in [1.82, 2.24) is 0 Å². The van der Waals surface area contributed by atoms with E-state index in [2.05, 4.69) is 0 Å². The SMILES string of the molecule is COc1ccc(-c2c3ccc(OC)cc3c(-c3ccc(OC)cc3F)c3c(-c4ccc(OC)cc4)c4ccc(OC)cc4c(-c4ccc(OC)c(F)c4)c23)cc1. The summed E-state index contributed by atoms with van der Waals surface area (Å²) >= 11 is 0. The van der Waals surface area contributed by atoms with Crippen LogP contribution in [0.1, 0.15) is 0 Å². The minimum atomic E-state index is -0.522. The van der Waals surface area contributed by atoms with Crippen molar-refractivity contribution < 1.29 is 37.2 Å². The summed E-state index contributed by atoms with van der Waals surface area (Å²) in [5.74, 6) is 2.09. The Hall–Kier alpha value is -6.80. The van der Waals surface area contributed by atoms with Crippen molar-refractivity contribution in [3.63, 3.8) is 0 Å². The molecule has 8 heteroatoms. The Balaban J connectivity index is 1.75. The van der Waals surface area contributed by atoms with E-state index in [0.717, 1.165) is 60.1 Å². The van der Waals surface area contributed by atoms with E-state index in [-0.39, 0.29) is 5.75 Å². The van der Waals surface area contributed by atoms with Crippen molar-refractivity contribution in [1.29, 1.82) is 0 Å². The second-order valence-electron chi connectivity index (χ2n) is 13.2. The summed E-state index contributed by atoms with van der Waals surface area (Å²) in [5, 5.41) is 4.74. The molecule has 0 aliphatic carbocycles. The minimum absolute atomic E-state index is 0.115. The Morgan fingerprint density at radius 3 is 1.20 bits per heavy atom. The monoisotopic (exact) mass is 748 g/mol. The van der Waals surface area contributed by atoms with Gasteiger partial charge in [-0.3, -0.25) is 0 Å². The molecule has 8 rings (SSSR count). The maximum absolute atomic E-state index is 16.9. The number of hydrogen-bond acceptors (Lipinski definition) is 6. The van der Waals surface area contributed by atoms with Gasteiger partial charge in [0.15, 0.2) is 11.6 Å². The zero-order valence-corrected chi connectivity index (χ0v) is 31.8. The van der Waals surface area contributed by atoms with Gasteiger partial charge in [-0.05, 0) is 138 Å². The molecule has 0 aliphatic heterocycles. The molecule has 0 fully saturated rings. The van der Waals surface area contributed by atoms with E-state index < -0.39 is 11.6 Å². The molecule has 0 saturated heterocycles. The lowest BCUT2D eigenvalue weighted by molar-refractivity contribution is 0.386. The Bertz CT molecular complexity index is 2780. The molecule has 0 radical (unpaired) electrons. The van der Waals surface area contributed by atoms with E-state index in [9.17, 15) is 0 Å². The highest BCUT2D eigenvalue weighted by atomic mass is 19.1. The van der Waals surface area contributed by atoms with Gasteiger partial charge in [0.2, 0.25) is 0 Å². The van der Waals surface area contributed by atoms with Crippen molar-refractivity contribution in [3.8, 4) is 79.0 Å². The lowest BCUT2D eigenvalue weighted by Gasteiger charge is -2.26. The van der Waals surface area contributed by atoms with Gasteiger partial charge >= 0.3 is 0 Å². The quantitative estimate of drug-likeness (QED) is 0.130. The molecule has 8 aromatic carbocycles. The first kappa shape index (κ1) is 36.2. The molecular formula is C48H38F2O6. The van der Waals surface area contributed by atoms with Gasteiger partial charge in [0.1, 0.15) is 34.6 Å². The Morgan fingerprint density at radius 1 is 0.321 bits per heavy atom. The van der Waals surface area contributed by atoms with Crippen LogP contribution in [0.3, 0.4) is 0 Å². The predicted octanol–water partition coefficient (Wildman–Crippen LogP) is 12.1. The smallest absolute Gasteiger partial charge is 0.165 e. The average Bonchev–Trinajstić information content (AvgIpc) is 3.24. The van der Waals surface area contributed by atoms with Crippen LogP contribution in [0.2, 0.25) is 0 Å². The zero-order chi connectivity index (χ0) is 39.1. The van der Waals surface area contributed by atoms with E-state index in [4.69, 9.17) is 28.4 Å². The van der Waals surface area contributed by atoms with Crippen LogP contribution in [-0.2, 0) is 0 Å². The van der Waals surface area contributed by atoms with Crippen molar-refractivity contribution >= 4 is 32.3 Å². The molecule has 56 heavy (non-hydrogen) atoms. The summed E-state index contributed by atoms with van der Waals surface area (Å²) in [6.07, 6.45) is 0. The lowest BCUT2D eigenvalue weighted by Crippen LogP contribution is -2.00. The van der Waals surface area contributed by atoms with Crippen LogP contribution in [0, 0.1) is 11.6 Å². The zero-order valence-electron chi connectivity index (χ0n) is 31.8. The fourth-order valence-corrected chi connectivity index (χ4v) is 7.78. The molecule has 6 nitrogen and oxygen atoms in total. The molecule has 0 aromatic heterocycles. The second-order valence-corrected chi connectivity index (χ2v) is 13.2. The van der Waals surface area contributed by atoms with Crippen molar-refractivity contribution in [2.75, 3.05) is 42.7 Å². The highest BCUT2D eigenvalue weighted by Gasteiger charge is 2.28. The van der Waals surface area contributed by atoms with E-state index in [1.807, 2.05) is 91.0 Å². The first-order valence-corrected chi connectivity index (χ1v) is 17.9. The fraction of sp³-hybridized carbons (Fsp3) is 0.125. The molecule has 280 valence electrons. The molecule has 0 spiro atoms. The molecular weight excluding hydrogens is 711 g/mol. The summed E-state index contributed by atoms with van der Waals surface area (Å²) in [4.78, 5) is 0. The summed E-state index contributed by atoms with van der Waals surface area (Å²) < 4.78 is 66.4. The normalized spacial score (nSPS) is 11.2. The van der Waals surface area contributed by atoms with Crippen LogP contribution < -0.4 is 28.4 Å². The lowest BCUT2D eigenvalue weighted by atomic mass is 9.77. The third kappa shape index (κ3) is 6.04. The molecule has 8 aromatic rings. The Kier molecular flexibility index (Phi) is 9.56. The molecule has 0 amide bonds. The van der Waals surface area contributed by atoms with Crippen LogP contribution in [0.4, 0.5) is 8.78 Å². The van der Waals surface area contributed by atoms with E-state index in [1.54, 1.807) is 46.6 Å². The van der Waals surface area contributed by atoms with E-state index in [1.165, 1.54) is 26.4 Å². The third-order valence-electron chi connectivity index (χ3n) is 10.4. The predicted molar refractivity (Wildman–Crippen MR) is 220 cm³/mol. The second kappa shape index (κ2) is 14.8. The number of benzene rings is 8. The van der Waals surface area contributed by atoms with Crippen LogP contribution in [0.25, 0.3) is 76.8 Å². The molecule has 0 unspecified atom stereocenters. The maximum atomic E-state index is 16.9. The van der Waals surface area contributed by atoms with Gasteiger partial charge < -0.3 is 28.4 Å². The van der Waals surface area contributed by atoms with Crippen molar-refractivity contribution in [2.45, 2.75) is 0 Å². The van der Waals surface area contributed by atoms with Gasteiger partial charge in [-0.25, -0.2) is 8.78 Å². The first-order chi connectivity index (χ1) is 27.3. The first-order valence-electron chi connectivity index (χ1n) is 17.9. The van der Waals surface area contributed by atoms with Gasteiger partial charge in [-0.1, -0.05) is 42.5 Å². The highest BCUT2D eigenvalue weighted by Crippen LogP contribution is 2.55. The van der Waals surface area contributed by atoms with Crippen molar-refractivity contribution in [2.24, 2.45) is 0 Å². The van der Waals surface area contributed by atoms with Gasteiger partial charge in [-0.2, -0.15) is 0 Å².